The van der Waals surface area contributed by atoms with E-state index in [-0.39, 0.29) is 5.76 Å². The third-order valence-corrected chi connectivity index (χ3v) is 2.78. The molecule has 0 saturated carbocycles. The zero-order valence-electron chi connectivity index (χ0n) is 11.4. The Bertz CT molecular complexity index is 385. The van der Waals surface area contributed by atoms with Gasteiger partial charge >= 0.3 is 5.97 Å². The topological polar surface area (TPSA) is 65.7 Å². The van der Waals surface area contributed by atoms with E-state index in [1.807, 2.05) is 14.1 Å². The van der Waals surface area contributed by atoms with Gasteiger partial charge in [0.15, 0.2) is 0 Å². The standard InChI is InChI=1S/C13H22N2O3/c1-9(2)11(8-15(3)4)14-7-10-5-6-12(18-10)13(16)17/h5-6,9,11,14H,7-8H2,1-4H3,(H,16,17). The van der Waals surface area contributed by atoms with Gasteiger partial charge in [0.05, 0.1) is 6.54 Å². The maximum atomic E-state index is 10.7. The zero-order valence-corrected chi connectivity index (χ0v) is 11.4. The quantitative estimate of drug-likeness (QED) is 0.774. The summed E-state index contributed by atoms with van der Waals surface area (Å²) in [6.45, 7) is 5.80. The van der Waals surface area contributed by atoms with Crippen molar-refractivity contribution in [2.75, 3.05) is 20.6 Å². The van der Waals surface area contributed by atoms with E-state index in [1.54, 1.807) is 6.07 Å². The van der Waals surface area contributed by atoms with Gasteiger partial charge in [0, 0.05) is 12.6 Å². The summed E-state index contributed by atoms with van der Waals surface area (Å²) in [6, 6.07) is 3.53. The molecule has 1 heterocycles. The molecule has 2 N–H and O–H groups in total. The van der Waals surface area contributed by atoms with Crippen LogP contribution in [-0.4, -0.2) is 42.7 Å². The molecular formula is C13H22N2O3. The molecule has 0 radical (unpaired) electrons. The van der Waals surface area contributed by atoms with Crippen LogP contribution in [0.5, 0.6) is 0 Å². The summed E-state index contributed by atoms with van der Waals surface area (Å²) in [4.78, 5) is 12.8. The third-order valence-electron chi connectivity index (χ3n) is 2.78. The van der Waals surface area contributed by atoms with Gasteiger partial charge in [0.25, 0.3) is 0 Å². The first-order chi connectivity index (χ1) is 8.40. The van der Waals surface area contributed by atoms with Crippen LogP contribution in [0.4, 0.5) is 0 Å². The van der Waals surface area contributed by atoms with Crippen molar-refractivity contribution in [3.63, 3.8) is 0 Å². The molecule has 0 aromatic carbocycles. The van der Waals surface area contributed by atoms with Crippen molar-refractivity contribution in [2.45, 2.75) is 26.4 Å². The van der Waals surface area contributed by atoms with Crippen molar-refractivity contribution in [3.05, 3.63) is 23.7 Å². The maximum Gasteiger partial charge on any atom is 0.371 e. The molecule has 0 aliphatic heterocycles. The Kier molecular flexibility index (Phi) is 5.37. The smallest absolute Gasteiger partial charge is 0.371 e. The fourth-order valence-corrected chi connectivity index (χ4v) is 1.72. The van der Waals surface area contributed by atoms with Gasteiger partial charge < -0.3 is 19.7 Å². The number of hydrogen-bond donors (Lipinski definition) is 2. The highest BCUT2D eigenvalue weighted by Gasteiger charge is 2.15. The minimum atomic E-state index is -1.03. The Balaban J connectivity index is 2.53. The highest BCUT2D eigenvalue weighted by molar-refractivity contribution is 5.84. The molecule has 0 amide bonds. The monoisotopic (exact) mass is 254 g/mol. The minimum absolute atomic E-state index is 0.0134. The molecule has 5 nitrogen and oxygen atoms in total. The molecule has 1 rings (SSSR count). The molecule has 102 valence electrons. The highest BCUT2D eigenvalue weighted by atomic mass is 16.4. The van der Waals surface area contributed by atoms with Crippen LogP contribution in [-0.2, 0) is 6.54 Å². The Labute approximate surface area is 108 Å². The number of carbonyl (C=O) groups is 1. The van der Waals surface area contributed by atoms with E-state index in [9.17, 15) is 4.79 Å². The molecule has 1 aromatic heterocycles. The lowest BCUT2D eigenvalue weighted by molar-refractivity contribution is 0.0660. The van der Waals surface area contributed by atoms with E-state index in [1.165, 1.54) is 6.07 Å². The highest BCUT2D eigenvalue weighted by Crippen LogP contribution is 2.09. The predicted octanol–water partition coefficient (Wildman–Crippen LogP) is 1.65. The van der Waals surface area contributed by atoms with Gasteiger partial charge in [-0.05, 0) is 32.1 Å². The summed E-state index contributed by atoms with van der Waals surface area (Å²) >= 11 is 0. The zero-order chi connectivity index (χ0) is 13.7. The van der Waals surface area contributed by atoms with Gasteiger partial charge in [-0.1, -0.05) is 13.8 Å². The molecule has 0 aliphatic carbocycles. The molecule has 1 atom stereocenters. The van der Waals surface area contributed by atoms with Gasteiger partial charge in [-0.25, -0.2) is 4.79 Å². The first-order valence-electron chi connectivity index (χ1n) is 6.10. The van der Waals surface area contributed by atoms with Crippen LogP contribution in [0.25, 0.3) is 0 Å². The molecule has 0 aliphatic rings. The summed E-state index contributed by atoms with van der Waals surface area (Å²) in [5.41, 5.74) is 0. The number of nitrogens with zero attached hydrogens (tertiary/aromatic N) is 1. The average Bonchev–Trinajstić information content (AvgIpc) is 2.72. The van der Waals surface area contributed by atoms with E-state index in [0.29, 0.717) is 24.3 Å². The number of furan rings is 1. The summed E-state index contributed by atoms with van der Waals surface area (Å²) in [5.74, 6) is 0.105. The number of nitrogens with one attached hydrogen (secondary N) is 1. The summed E-state index contributed by atoms with van der Waals surface area (Å²) in [7, 11) is 4.07. The molecule has 0 saturated heterocycles. The summed E-state index contributed by atoms with van der Waals surface area (Å²) < 4.78 is 5.20. The van der Waals surface area contributed by atoms with Crippen molar-refractivity contribution in [1.82, 2.24) is 10.2 Å². The largest absolute Gasteiger partial charge is 0.475 e. The van der Waals surface area contributed by atoms with Gasteiger partial charge in [0.1, 0.15) is 5.76 Å². The number of aromatic carboxylic acids is 1. The molecule has 0 bridgehead atoms. The van der Waals surface area contributed by atoms with Crippen molar-refractivity contribution in [1.29, 1.82) is 0 Å². The Morgan fingerprint density at radius 2 is 2.11 bits per heavy atom. The summed E-state index contributed by atoms with van der Waals surface area (Å²) in [6.07, 6.45) is 0. The normalized spacial score (nSPS) is 13.2. The van der Waals surface area contributed by atoms with E-state index in [4.69, 9.17) is 9.52 Å². The molecule has 1 aromatic rings. The van der Waals surface area contributed by atoms with Gasteiger partial charge in [0.2, 0.25) is 5.76 Å². The van der Waals surface area contributed by atoms with Crippen molar-refractivity contribution in [2.24, 2.45) is 5.92 Å². The van der Waals surface area contributed by atoms with Crippen molar-refractivity contribution in [3.8, 4) is 0 Å². The lowest BCUT2D eigenvalue weighted by atomic mass is 10.0. The molecular weight excluding hydrogens is 232 g/mol. The summed E-state index contributed by atoms with van der Waals surface area (Å²) in [5, 5.41) is 12.2. The number of carboxylic acid groups (broad SMARTS) is 1. The third kappa shape index (κ3) is 4.50. The van der Waals surface area contributed by atoms with Crippen LogP contribution < -0.4 is 5.32 Å². The second kappa shape index (κ2) is 6.56. The Morgan fingerprint density at radius 1 is 1.44 bits per heavy atom. The second-order valence-electron chi connectivity index (χ2n) is 5.06. The van der Waals surface area contributed by atoms with Gasteiger partial charge in [-0.3, -0.25) is 0 Å². The lowest BCUT2D eigenvalue weighted by Gasteiger charge is -2.25. The van der Waals surface area contributed by atoms with Crippen LogP contribution in [0.3, 0.4) is 0 Å². The molecule has 18 heavy (non-hydrogen) atoms. The fraction of sp³-hybridized carbons (Fsp3) is 0.615. The molecule has 5 heteroatoms. The average molecular weight is 254 g/mol. The van der Waals surface area contributed by atoms with E-state index >= 15 is 0 Å². The first kappa shape index (κ1) is 14.7. The van der Waals surface area contributed by atoms with E-state index < -0.39 is 5.97 Å². The maximum absolute atomic E-state index is 10.7. The fourth-order valence-electron chi connectivity index (χ4n) is 1.72. The molecule has 0 spiro atoms. The Morgan fingerprint density at radius 3 is 2.56 bits per heavy atom. The van der Waals surface area contributed by atoms with Crippen LogP contribution in [0.2, 0.25) is 0 Å². The van der Waals surface area contributed by atoms with Crippen molar-refractivity contribution < 1.29 is 14.3 Å². The number of likely N-dealkylation sites (N-methyl/N-ethyl adjacent to an activating group) is 1. The SMILES string of the molecule is CC(C)C(CN(C)C)NCc1ccc(C(=O)O)o1. The van der Waals surface area contributed by atoms with Crippen LogP contribution >= 0.6 is 0 Å². The first-order valence-corrected chi connectivity index (χ1v) is 6.10. The van der Waals surface area contributed by atoms with Crippen LogP contribution in [0.1, 0.15) is 30.2 Å². The van der Waals surface area contributed by atoms with Crippen LogP contribution in [0, 0.1) is 5.92 Å². The van der Waals surface area contributed by atoms with Gasteiger partial charge in [-0.2, -0.15) is 0 Å². The molecule has 1 unspecified atom stereocenters. The van der Waals surface area contributed by atoms with Crippen LogP contribution in [0.15, 0.2) is 16.5 Å². The van der Waals surface area contributed by atoms with E-state index in [2.05, 4.69) is 24.1 Å². The molecule has 0 fully saturated rings. The predicted molar refractivity (Wildman–Crippen MR) is 69.7 cm³/mol. The number of carboxylic acids is 1. The second-order valence-corrected chi connectivity index (χ2v) is 5.06. The minimum Gasteiger partial charge on any atom is -0.475 e. The Hall–Kier alpha value is -1.33. The van der Waals surface area contributed by atoms with Crippen molar-refractivity contribution >= 4 is 5.97 Å². The van der Waals surface area contributed by atoms with E-state index in [0.717, 1.165) is 6.54 Å². The lowest BCUT2D eigenvalue weighted by Crippen LogP contribution is -2.41. The van der Waals surface area contributed by atoms with Gasteiger partial charge in [-0.15, -0.1) is 0 Å². The number of rotatable bonds is 7. The number of hydrogen-bond acceptors (Lipinski definition) is 4.